The van der Waals surface area contributed by atoms with E-state index in [2.05, 4.69) is 10.0 Å². The molecule has 3 rings (SSSR count). The molecule has 1 atom stereocenters. The Hall–Kier alpha value is -2.67. The van der Waals surface area contributed by atoms with Gasteiger partial charge in [-0.15, -0.1) is 0 Å². The van der Waals surface area contributed by atoms with E-state index in [1.165, 1.54) is 0 Å². The van der Waals surface area contributed by atoms with E-state index in [1.807, 2.05) is 49.4 Å². The van der Waals surface area contributed by atoms with E-state index in [9.17, 15) is 13.2 Å². The highest BCUT2D eigenvalue weighted by Gasteiger charge is 2.18. The molecule has 0 fully saturated rings. The van der Waals surface area contributed by atoms with Gasteiger partial charge in [0.15, 0.2) is 0 Å². The van der Waals surface area contributed by atoms with Crippen LogP contribution in [0.2, 0.25) is 5.02 Å². The van der Waals surface area contributed by atoms with Crippen LogP contribution in [0.3, 0.4) is 0 Å². The lowest BCUT2D eigenvalue weighted by atomic mass is 10.1. The van der Waals surface area contributed by atoms with Crippen molar-refractivity contribution in [2.45, 2.75) is 37.2 Å². The second-order valence-corrected chi connectivity index (χ2v) is 9.45. The molecule has 0 spiro atoms. The molecule has 3 aromatic carbocycles. The van der Waals surface area contributed by atoms with Crippen LogP contribution >= 0.6 is 11.6 Å². The van der Waals surface area contributed by atoms with Gasteiger partial charge in [0.1, 0.15) is 0 Å². The standard InChI is InChI=1S/C24H25ClN2O3S/c1-18(21-5-3-2-4-6-21)27-31(29,30)23-14-9-19(10-15-23)11-16-24(28)26-17-20-7-12-22(25)13-8-20/h2-10,12-15,18,27H,11,16-17H2,1H3,(H,26,28)/t18-/m0/s1. The van der Waals surface area contributed by atoms with E-state index in [1.54, 1.807) is 36.4 Å². The summed E-state index contributed by atoms with van der Waals surface area (Å²) in [5.41, 5.74) is 2.77. The first-order valence-electron chi connectivity index (χ1n) is 10.0. The molecular formula is C24H25ClN2O3S. The Kier molecular flexibility index (Phi) is 7.85. The smallest absolute Gasteiger partial charge is 0.241 e. The Balaban J connectivity index is 1.51. The molecule has 5 nitrogen and oxygen atoms in total. The van der Waals surface area contributed by atoms with Crippen LogP contribution in [0, 0.1) is 0 Å². The molecule has 0 aliphatic carbocycles. The zero-order valence-corrected chi connectivity index (χ0v) is 18.8. The maximum Gasteiger partial charge on any atom is 0.241 e. The molecule has 0 bridgehead atoms. The van der Waals surface area contributed by atoms with E-state index >= 15 is 0 Å². The molecule has 0 unspecified atom stereocenters. The average molecular weight is 457 g/mol. The van der Waals surface area contributed by atoms with Crippen molar-refractivity contribution < 1.29 is 13.2 Å². The third kappa shape index (κ3) is 6.92. The SMILES string of the molecule is C[C@H](NS(=O)(=O)c1ccc(CCC(=O)NCc2ccc(Cl)cc2)cc1)c1ccccc1. The first-order valence-corrected chi connectivity index (χ1v) is 11.9. The van der Waals surface area contributed by atoms with E-state index < -0.39 is 10.0 Å². The predicted octanol–water partition coefficient (Wildman–Crippen LogP) is 4.63. The van der Waals surface area contributed by atoms with E-state index in [0.717, 1.165) is 16.7 Å². The van der Waals surface area contributed by atoms with Gasteiger partial charge in [0, 0.05) is 24.0 Å². The zero-order chi connectivity index (χ0) is 22.3. The van der Waals surface area contributed by atoms with Crippen LogP contribution in [0.15, 0.2) is 83.8 Å². The highest BCUT2D eigenvalue weighted by molar-refractivity contribution is 7.89. The summed E-state index contributed by atoms with van der Waals surface area (Å²) in [6.07, 6.45) is 0.851. The number of amides is 1. The Bertz CT molecular complexity index is 1100. The second-order valence-electron chi connectivity index (χ2n) is 7.30. The lowest BCUT2D eigenvalue weighted by Crippen LogP contribution is -2.26. The van der Waals surface area contributed by atoms with Crippen molar-refractivity contribution >= 4 is 27.5 Å². The predicted molar refractivity (Wildman–Crippen MR) is 123 cm³/mol. The van der Waals surface area contributed by atoms with Gasteiger partial charge < -0.3 is 5.32 Å². The summed E-state index contributed by atoms with van der Waals surface area (Å²) >= 11 is 5.85. The highest BCUT2D eigenvalue weighted by Crippen LogP contribution is 2.18. The van der Waals surface area contributed by atoms with Gasteiger partial charge in [0.25, 0.3) is 0 Å². The summed E-state index contributed by atoms with van der Waals surface area (Å²) in [6.45, 7) is 2.25. The third-order valence-electron chi connectivity index (χ3n) is 4.91. The van der Waals surface area contributed by atoms with Crippen LogP contribution < -0.4 is 10.0 Å². The number of hydrogen-bond acceptors (Lipinski definition) is 3. The van der Waals surface area contributed by atoms with Crippen LogP contribution in [-0.4, -0.2) is 14.3 Å². The number of halogens is 1. The summed E-state index contributed by atoms with van der Waals surface area (Å²) < 4.78 is 28.0. The monoisotopic (exact) mass is 456 g/mol. The Morgan fingerprint density at radius 3 is 2.16 bits per heavy atom. The Morgan fingerprint density at radius 1 is 0.903 bits per heavy atom. The lowest BCUT2D eigenvalue weighted by molar-refractivity contribution is -0.121. The molecule has 1 amide bonds. The second kappa shape index (κ2) is 10.6. The molecule has 0 radical (unpaired) electrons. The van der Waals surface area contributed by atoms with Gasteiger partial charge in [-0.2, -0.15) is 0 Å². The molecule has 0 heterocycles. The normalized spacial score (nSPS) is 12.3. The van der Waals surface area contributed by atoms with Gasteiger partial charge in [-0.05, 0) is 54.3 Å². The largest absolute Gasteiger partial charge is 0.352 e. The van der Waals surface area contributed by atoms with Crippen molar-refractivity contribution in [2.24, 2.45) is 0 Å². The minimum atomic E-state index is -3.64. The van der Waals surface area contributed by atoms with Gasteiger partial charge >= 0.3 is 0 Å². The fourth-order valence-corrected chi connectivity index (χ4v) is 4.45. The number of hydrogen-bond donors (Lipinski definition) is 2. The fraction of sp³-hybridized carbons (Fsp3) is 0.208. The zero-order valence-electron chi connectivity index (χ0n) is 17.2. The van der Waals surface area contributed by atoms with Crippen molar-refractivity contribution in [1.82, 2.24) is 10.0 Å². The van der Waals surface area contributed by atoms with Crippen LogP contribution in [-0.2, 0) is 27.8 Å². The average Bonchev–Trinajstić information content (AvgIpc) is 2.78. The summed E-state index contributed by atoms with van der Waals surface area (Å²) in [4.78, 5) is 12.3. The number of nitrogens with one attached hydrogen (secondary N) is 2. The van der Waals surface area contributed by atoms with Crippen molar-refractivity contribution in [2.75, 3.05) is 0 Å². The van der Waals surface area contributed by atoms with Crippen LogP contribution in [0.5, 0.6) is 0 Å². The van der Waals surface area contributed by atoms with Gasteiger partial charge in [0.2, 0.25) is 15.9 Å². The number of sulfonamides is 1. The van der Waals surface area contributed by atoms with E-state index in [-0.39, 0.29) is 16.8 Å². The fourth-order valence-electron chi connectivity index (χ4n) is 3.09. The first kappa shape index (κ1) is 23.0. The molecule has 0 aliphatic rings. The molecule has 162 valence electrons. The maximum absolute atomic E-state index is 12.7. The molecule has 3 aromatic rings. The molecule has 0 saturated carbocycles. The van der Waals surface area contributed by atoms with Gasteiger partial charge in [-0.3, -0.25) is 4.79 Å². The molecule has 7 heteroatoms. The molecule has 2 N–H and O–H groups in total. The molecular weight excluding hydrogens is 432 g/mol. The van der Waals surface area contributed by atoms with Crippen molar-refractivity contribution in [3.8, 4) is 0 Å². The number of benzene rings is 3. The highest BCUT2D eigenvalue weighted by atomic mass is 35.5. The van der Waals surface area contributed by atoms with Gasteiger partial charge in [-0.25, -0.2) is 13.1 Å². The van der Waals surface area contributed by atoms with Crippen LogP contribution in [0.4, 0.5) is 0 Å². The first-order chi connectivity index (χ1) is 14.8. The summed E-state index contributed by atoms with van der Waals surface area (Å²) in [7, 11) is -3.64. The summed E-state index contributed by atoms with van der Waals surface area (Å²) in [6, 6.07) is 23.0. The molecule has 0 aliphatic heterocycles. The molecule has 0 saturated heterocycles. The molecule has 31 heavy (non-hydrogen) atoms. The van der Waals surface area contributed by atoms with Crippen LogP contribution in [0.25, 0.3) is 0 Å². The number of carbonyl (C=O) groups excluding carboxylic acids is 1. The topological polar surface area (TPSA) is 75.3 Å². The number of carbonyl (C=O) groups is 1. The van der Waals surface area contributed by atoms with E-state index in [4.69, 9.17) is 11.6 Å². The summed E-state index contributed by atoms with van der Waals surface area (Å²) in [5.74, 6) is -0.0648. The maximum atomic E-state index is 12.7. The van der Waals surface area contributed by atoms with Gasteiger partial charge in [0.05, 0.1) is 4.90 Å². The summed E-state index contributed by atoms with van der Waals surface area (Å²) in [5, 5.41) is 3.53. The molecule has 0 aromatic heterocycles. The Morgan fingerprint density at radius 2 is 1.52 bits per heavy atom. The van der Waals surface area contributed by atoms with Gasteiger partial charge in [-0.1, -0.05) is 66.2 Å². The Labute approximate surface area is 188 Å². The lowest BCUT2D eigenvalue weighted by Gasteiger charge is -2.15. The minimum absolute atomic E-state index is 0.0648. The van der Waals surface area contributed by atoms with Crippen molar-refractivity contribution in [3.05, 3.63) is 101 Å². The number of rotatable bonds is 9. The van der Waals surface area contributed by atoms with Crippen LogP contribution in [0.1, 0.15) is 36.1 Å². The minimum Gasteiger partial charge on any atom is -0.352 e. The van der Waals surface area contributed by atoms with E-state index in [0.29, 0.717) is 24.4 Å². The quantitative estimate of drug-likeness (QED) is 0.493. The van der Waals surface area contributed by atoms with Crippen molar-refractivity contribution in [1.29, 1.82) is 0 Å². The third-order valence-corrected chi connectivity index (χ3v) is 6.72. The van der Waals surface area contributed by atoms with Crippen molar-refractivity contribution in [3.63, 3.8) is 0 Å². The number of aryl methyl sites for hydroxylation is 1.